The Morgan fingerprint density at radius 1 is 1.25 bits per heavy atom. The molecule has 0 radical (unpaired) electrons. The van der Waals surface area contributed by atoms with Crippen molar-refractivity contribution in [3.05, 3.63) is 35.9 Å². The van der Waals surface area contributed by atoms with E-state index in [9.17, 15) is 0 Å². The summed E-state index contributed by atoms with van der Waals surface area (Å²) in [5.41, 5.74) is 7.15. The van der Waals surface area contributed by atoms with Crippen molar-refractivity contribution < 1.29 is 0 Å². The summed E-state index contributed by atoms with van der Waals surface area (Å²) in [6.07, 6.45) is 2.22. The minimum absolute atomic E-state index is 0. The largest absolute Gasteiger partial charge is 0.324 e. The van der Waals surface area contributed by atoms with Gasteiger partial charge >= 0.3 is 0 Å². The van der Waals surface area contributed by atoms with Crippen LogP contribution >= 0.6 is 12.4 Å². The quantitative estimate of drug-likeness (QED) is 0.770. The minimum Gasteiger partial charge on any atom is -0.324 e. The van der Waals surface area contributed by atoms with Crippen molar-refractivity contribution in [3.63, 3.8) is 0 Å². The van der Waals surface area contributed by atoms with Crippen LogP contribution in [0, 0.1) is 0 Å². The first kappa shape index (κ1) is 11.5. The molecule has 2 N–H and O–H groups in total. The Hall–Kier alpha value is -0.530. The van der Waals surface area contributed by atoms with Crippen LogP contribution in [0.1, 0.15) is 31.4 Å². The normalized spacial score (nSPS) is 11.8. The fourth-order valence-electron chi connectivity index (χ4n) is 1.18. The van der Waals surface area contributed by atoms with Crippen molar-refractivity contribution in [1.29, 1.82) is 0 Å². The summed E-state index contributed by atoms with van der Waals surface area (Å²) in [6.45, 7) is 2.16. The van der Waals surface area contributed by atoms with E-state index in [2.05, 4.69) is 19.1 Å². The van der Waals surface area contributed by atoms with Gasteiger partial charge in [0.2, 0.25) is 0 Å². The van der Waals surface area contributed by atoms with Gasteiger partial charge in [0, 0.05) is 6.04 Å². The Labute approximate surface area is 80.4 Å². The highest BCUT2D eigenvalue weighted by Crippen LogP contribution is 2.13. The molecule has 1 atom stereocenters. The molecule has 0 aliphatic rings. The summed E-state index contributed by atoms with van der Waals surface area (Å²) in [5.74, 6) is 0. The van der Waals surface area contributed by atoms with E-state index in [0.29, 0.717) is 0 Å². The second-order valence-corrected chi connectivity index (χ2v) is 2.81. The molecular formula is C10H16ClN. The van der Waals surface area contributed by atoms with E-state index >= 15 is 0 Å². The third-order valence-electron chi connectivity index (χ3n) is 1.83. The van der Waals surface area contributed by atoms with Gasteiger partial charge in [-0.2, -0.15) is 0 Å². The standard InChI is InChI=1S/C10H15N.ClH/c1-2-6-10(11)9-7-4-3-5-8-9;/h3-5,7-8,10H,2,6,11H2,1H3;1H/t10-;/m0./s1. The van der Waals surface area contributed by atoms with Crippen LogP contribution in [0.25, 0.3) is 0 Å². The van der Waals surface area contributed by atoms with E-state index in [1.807, 2.05) is 18.2 Å². The molecule has 0 saturated carbocycles. The monoisotopic (exact) mass is 185 g/mol. The third-order valence-corrected chi connectivity index (χ3v) is 1.83. The van der Waals surface area contributed by atoms with Gasteiger partial charge in [0.25, 0.3) is 0 Å². The average molecular weight is 186 g/mol. The molecule has 0 aliphatic heterocycles. The van der Waals surface area contributed by atoms with Gasteiger partial charge in [0.05, 0.1) is 0 Å². The number of hydrogen-bond donors (Lipinski definition) is 1. The summed E-state index contributed by atoms with van der Waals surface area (Å²) in [6, 6.07) is 10.5. The molecule has 0 fully saturated rings. The summed E-state index contributed by atoms with van der Waals surface area (Å²) < 4.78 is 0. The predicted molar refractivity (Wildman–Crippen MR) is 55.5 cm³/mol. The van der Waals surface area contributed by atoms with Crippen LogP contribution in [-0.2, 0) is 0 Å². The van der Waals surface area contributed by atoms with Gasteiger partial charge in [0.1, 0.15) is 0 Å². The number of benzene rings is 1. The molecule has 0 unspecified atom stereocenters. The molecule has 1 nitrogen and oxygen atoms in total. The Bertz CT molecular complexity index is 198. The number of halogens is 1. The Morgan fingerprint density at radius 2 is 1.83 bits per heavy atom. The number of nitrogens with two attached hydrogens (primary N) is 1. The molecule has 1 aromatic carbocycles. The van der Waals surface area contributed by atoms with E-state index in [4.69, 9.17) is 5.73 Å². The SMILES string of the molecule is CCC[C@H](N)c1ccccc1.Cl. The molecule has 1 rings (SSSR count). The van der Waals surface area contributed by atoms with E-state index < -0.39 is 0 Å². The van der Waals surface area contributed by atoms with Crippen LogP contribution in [0.4, 0.5) is 0 Å². The van der Waals surface area contributed by atoms with Crippen molar-refractivity contribution in [2.75, 3.05) is 0 Å². The highest BCUT2D eigenvalue weighted by atomic mass is 35.5. The highest BCUT2D eigenvalue weighted by molar-refractivity contribution is 5.85. The lowest BCUT2D eigenvalue weighted by Gasteiger charge is -2.09. The van der Waals surface area contributed by atoms with Gasteiger partial charge in [-0.1, -0.05) is 43.7 Å². The van der Waals surface area contributed by atoms with Gasteiger partial charge < -0.3 is 5.73 Å². The van der Waals surface area contributed by atoms with E-state index in [-0.39, 0.29) is 18.4 Å². The van der Waals surface area contributed by atoms with E-state index in [1.165, 1.54) is 5.56 Å². The molecule has 0 aliphatic carbocycles. The highest BCUT2D eigenvalue weighted by Gasteiger charge is 2.01. The van der Waals surface area contributed by atoms with Gasteiger partial charge in [-0.25, -0.2) is 0 Å². The van der Waals surface area contributed by atoms with Crippen molar-refractivity contribution in [2.45, 2.75) is 25.8 Å². The van der Waals surface area contributed by atoms with Crippen LogP contribution in [0.15, 0.2) is 30.3 Å². The Kier molecular flexibility index (Phi) is 5.77. The van der Waals surface area contributed by atoms with E-state index in [0.717, 1.165) is 12.8 Å². The zero-order chi connectivity index (χ0) is 8.10. The molecule has 0 amide bonds. The molecule has 0 saturated heterocycles. The number of hydrogen-bond acceptors (Lipinski definition) is 1. The van der Waals surface area contributed by atoms with Gasteiger partial charge in [0.15, 0.2) is 0 Å². The molecule has 12 heavy (non-hydrogen) atoms. The molecule has 0 bridgehead atoms. The molecule has 1 aromatic rings. The fraction of sp³-hybridized carbons (Fsp3) is 0.400. The Morgan fingerprint density at radius 3 is 2.33 bits per heavy atom. The first-order valence-corrected chi connectivity index (χ1v) is 4.15. The molecule has 2 heteroatoms. The summed E-state index contributed by atoms with van der Waals surface area (Å²) >= 11 is 0. The predicted octanol–water partition coefficient (Wildman–Crippen LogP) is 2.91. The molecule has 0 spiro atoms. The van der Waals surface area contributed by atoms with Gasteiger partial charge in [-0.3, -0.25) is 0 Å². The zero-order valence-electron chi connectivity index (χ0n) is 7.36. The van der Waals surface area contributed by atoms with Crippen LogP contribution in [0.2, 0.25) is 0 Å². The molecule has 0 heterocycles. The van der Waals surface area contributed by atoms with E-state index in [1.54, 1.807) is 0 Å². The lowest BCUT2D eigenvalue weighted by Crippen LogP contribution is -2.08. The fourth-order valence-corrected chi connectivity index (χ4v) is 1.18. The molecular weight excluding hydrogens is 170 g/mol. The second kappa shape index (κ2) is 6.04. The minimum atomic E-state index is 0. The number of rotatable bonds is 3. The maximum Gasteiger partial charge on any atom is 0.0294 e. The molecule has 68 valence electrons. The smallest absolute Gasteiger partial charge is 0.0294 e. The van der Waals surface area contributed by atoms with Crippen molar-refractivity contribution in [3.8, 4) is 0 Å². The zero-order valence-corrected chi connectivity index (χ0v) is 8.18. The second-order valence-electron chi connectivity index (χ2n) is 2.81. The maximum absolute atomic E-state index is 5.91. The first-order valence-electron chi connectivity index (χ1n) is 4.15. The summed E-state index contributed by atoms with van der Waals surface area (Å²) in [5, 5.41) is 0. The van der Waals surface area contributed by atoms with Crippen LogP contribution in [0.3, 0.4) is 0 Å². The van der Waals surface area contributed by atoms with Crippen molar-refractivity contribution in [2.24, 2.45) is 5.73 Å². The Balaban J connectivity index is 0.00000121. The summed E-state index contributed by atoms with van der Waals surface area (Å²) in [7, 11) is 0. The average Bonchev–Trinajstić information content (AvgIpc) is 2.07. The topological polar surface area (TPSA) is 26.0 Å². The van der Waals surface area contributed by atoms with Crippen molar-refractivity contribution >= 4 is 12.4 Å². The van der Waals surface area contributed by atoms with Gasteiger partial charge in [-0.05, 0) is 12.0 Å². The van der Waals surface area contributed by atoms with Crippen molar-refractivity contribution in [1.82, 2.24) is 0 Å². The van der Waals surface area contributed by atoms with Crippen LogP contribution in [0.5, 0.6) is 0 Å². The van der Waals surface area contributed by atoms with Crippen LogP contribution < -0.4 is 5.73 Å². The lowest BCUT2D eigenvalue weighted by molar-refractivity contribution is 0.638. The van der Waals surface area contributed by atoms with Gasteiger partial charge in [-0.15, -0.1) is 12.4 Å². The summed E-state index contributed by atoms with van der Waals surface area (Å²) in [4.78, 5) is 0. The molecule has 0 aromatic heterocycles. The lowest BCUT2D eigenvalue weighted by atomic mass is 10.0. The third kappa shape index (κ3) is 3.24. The first-order chi connectivity index (χ1) is 5.34. The maximum atomic E-state index is 5.91. The van der Waals surface area contributed by atoms with Crippen LogP contribution in [-0.4, -0.2) is 0 Å².